The minimum atomic E-state index is -0.550. The van der Waals surface area contributed by atoms with Crippen LogP contribution in [0, 0.1) is 5.92 Å². The molecule has 33 heavy (non-hydrogen) atoms. The van der Waals surface area contributed by atoms with Gasteiger partial charge in [0.2, 0.25) is 5.91 Å². The summed E-state index contributed by atoms with van der Waals surface area (Å²) in [5.74, 6) is -0.443. The number of carbonyl (C=O) groups is 3. The van der Waals surface area contributed by atoms with Gasteiger partial charge in [-0.15, -0.1) is 0 Å². The van der Waals surface area contributed by atoms with E-state index < -0.39 is 18.1 Å². The van der Waals surface area contributed by atoms with Crippen LogP contribution in [0.3, 0.4) is 0 Å². The number of hydrogen-bond acceptors (Lipinski definition) is 5. The summed E-state index contributed by atoms with van der Waals surface area (Å²) in [7, 11) is 0. The van der Waals surface area contributed by atoms with Gasteiger partial charge < -0.3 is 14.8 Å². The number of nitrogens with one attached hydrogen (secondary N) is 1. The molecule has 6 nitrogen and oxygen atoms in total. The Balaban J connectivity index is 3.39. The van der Waals surface area contributed by atoms with Gasteiger partial charge in [-0.1, -0.05) is 71.9 Å². The molecule has 0 bridgehead atoms. The van der Waals surface area contributed by atoms with Gasteiger partial charge in [0.15, 0.2) is 0 Å². The van der Waals surface area contributed by atoms with Crippen molar-refractivity contribution in [3.8, 4) is 5.75 Å². The van der Waals surface area contributed by atoms with Crippen molar-refractivity contribution >= 4 is 17.8 Å². The lowest BCUT2D eigenvalue weighted by Gasteiger charge is -2.32. The van der Waals surface area contributed by atoms with Crippen molar-refractivity contribution in [2.45, 2.75) is 112 Å². The predicted molar refractivity (Wildman–Crippen MR) is 131 cm³/mol. The average Bonchev–Trinajstić information content (AvgIpc) is 2.72. The highest BCUT2D eigenvalue weighted by Gasteiger charge is 2.32. The molecule has 0 aromatic heterocycles. The maximum absolute atomic E-state index is 12.1. The lowest BCUT2D eigenvalue weighted by molar-refractivity contribution is -0.151. The van der Waals surface area contributed by atoms with Crippen molar-refractivity contribution in [2.75, 3.05) is 0 Å². The number of ether oxygens (including phenoxy) is 2. The van der Waals surface area contributed by atoms with Crippen molar-refractivity contribution in [1.29, 1.82) is 0 Å². The molecular weight excluding hydrogens is 418 g/mol. The van der Waals surface area contributed by atoms with Crippen LogP contribution in [0.5, 0.6) is 5.75 Å². The summed E-state index contributed by atoms with van der Waals surface area (Å²) >= 11 is 0. The van der Waals surface area contributed by atoms with Crippen LogP contribution < -0.4 is 10.1 Å². The fraction of sp³-hybridized carbons (Fsp3) is 0.667. The van der Waals surface area contributed by atoms with Gasteiger partial charge in [0, 0.05) is 26.3 Å². The van der Waals surface area contributed by atoms with Crippen molar-refractivity contribution < 1.29 is 23.9 Å². The smallest absolute Gasteiger partial charge is 0.308 e. The molecule has 0 saturated carbocycles. The first-order chi connectivity index (χ1) is 15.6. The highest BCUT2D eigenvalue weighted by atomic mass is 16.5. The molecule has 0 fully saturated rings. The molecule has 1 aromatic carbocycles. The monoisotopic (exact) mass is 461 g/mol. The molecule has 0 radical (unpaired) electrons. The quantitative estimate of drug-likeness (QED) is 0.214. The second kappa shape index (κ2) is 14.7. The Morgan fingerprint density at radius 3 is 2.06 bits per heavy atom. The number of aryl methyl sites for hydroxylation is 1. The van der Waals surface area contributed by atoms with Crippen LogP contribution in [0.1, 0.15) is 110 Å². The predicted octanol–water partition coefficient (Wildman–Crippen LogP) is 5.84. The number of amides is 1. The topological polar surface area (TPSA) is 81.7 Å². The summed E-state index contributed by atoms with van der Waals surface area (Å²) in [5.41, 5.74) is 2.68. The third-order valence-electron chi connectivity index (χ3n) is 5.76. The van der Waals surface area contributed by atoms with E-state index in [-0.39, 0.29) is 17.8 Å². The molecule has 0 spiro atoms. The Morgan fingerprint density at radius 2 is 1.55 bits per heavy atom. The van der Waals surface area contributed by atoms with Gasteiger partial charge in [0.1, 0.15) is 11.9 Å². The first-order valence-electron chi connectivity index (χ1n) is 12.4. The number of unbranched alkanes of at least 4 members (excludes halogenated alkanes) is 5. The standard InChI is InChI=1S/C27H43NO5/c1-8-10-11-12-13-14-15-22-16-17-24(23(9-2)27(22)33-21(7)31)25(28-19(5)29)26(18(3)4)32-20(6)30/h16-18,25-26H,8-15H2,1-7H3,(H,28,29). The van der Waals surface area contributed by atoms with Gasteiger partial charge >= 0.3 is 11.9 Å². The maximum Gasteiger partial charge on any atom is 0.308 e. The summed E-state index contributed by atoms with van der Waals surface area (Å²) < 4.78 is 11.4. The molecule has 1 rings (SSSR count). The van der Waals surface area contributed by atoms with E-state index in [9.17, 15) is 14.4 Å². The molecule has 0 heterocycles. The van der Waals surface area contributed by atoms with Crippen LogP contribution in [0.15, 0.2) is 12.1 Å². The van der Waals surface area contributed by atoms with Crippen molar-refractivity contribution in [1.82, 2.24) is 5.32 Å². The summed E-state index contributed by atoms with van der Waals surface area (Å²) in [6, 6.07) is 3.43. The van der Waals surface area contributed by atoms with E-state index in [2.05, 4.69) is 12.2 Å². The number of hydrogen-bond donors (Lipinski definition) is 1. The lowest BCUT2D eigenvalue weighted by atomic mass is 9.87. The molecule has 2 atom stereocenters. The summed E-state index contributed by atoms with van der Waals surface area (Å²) in [6.45, 7) is 12.3. The van der Waals surface area contributed by atoms with Gasteiger partial charge in [0.25, 0.3) is 0 Å². The highest BCUT2D eigenvalue weighted by Crippen LogP contribution is 2.36. The van der Waals surface area contributed by atoms with Crippen molar-refractivity contribution in [2.24, 2.45) is 5.92 Å². The van der Waals surface area contributed by atoms with Crippen LogP contribution in [0.2, 0.25) is 0 Å². The highest BCUT2D eigenvalue weighted by molar-refractivity contribution is 5.74. The van der Waals surface area contributed by atoms with E-state index in [1.54, 1.807) is 0 Å². The Morgan fingerprint density at radius 1 is 0.909 bits per heavy atom. The molecule has 1 N–H and O–H groups in total. The van der Waals surface area contributed by atoms with Crippen LogP contribution in [0.4, 0.5) is 0 Å². The second-order valence-electron chi connectivity index (χ2n) is 9.08. The van der Waals surface area contributed by atoms with Crippen LogP contribution in [-0.4, -0.2) is 23.9 Å². The largest absolute Gasteiger partial charge is 0.460 e. The zero-order valence-corrected chi connectivity index (χ0v) is 21.6. The molecule has 0 aliphatic rings. The molecule has 0 aliphatic heterocycles. The SMILES string of the molecule is CCCCCCCCc1ccc(C(NC(C)=O)C(OC(C)=O)C(C)C)c(CC)c1OC(C)=O. The number of carbonyl (C=O) groups excluding carboxylic acids is 3. The van der Waals surface area contributed by atoms with E-state index in [0.717, 1.165) is 36.0 Å². The minimum Gasteiger partial charge on any atom is -0.460 e. The zero-order valence-electron chi connectivity index (χ0n) is 21.6. The van der Waals surface area contributed by atoms with Crippen LogP contribution in [0.25, 0.3) is 0 Å². The van der Waals surface area contributed by atoms with Gasteiger partial charge in [-0.25, -0.2) is 0 Å². The van der Waals surface area contributed by atoms with E-state index in [1.807, 2.05) is 32.9 Å². The molecule has 1 aromatic rings. The van der Waals surface area contributed by atoms with Crippen LogP contribution >= 0.6 is 0 Å². The Kier molecular flexibility index (Phi) is 12.8. The third-order valence-corrected chi connectivity index (χ3v) is 5.76. The summed E-state index contributed by atoms with van der Waals surface area (Å²) in [6.07, 6.45) is 7.99. The third kappa shape index (κ3) is 9.56. The molecule has 0 saturated heterocycles. The Bertz CT molecular complexity index is 787. The Labute approximate surface area is 199 Å². The molecular formula is C27H43NO5. The molecule has 2 unspecified atom stereocenters. The first-order valence-corrected chi connectivity index (χ1v) is 12.4. The van der Waals surface area contributed by atoms with E-state index in [0.29, 0.717) is 12.2 Å². The number of esters is 2. The fourth-order valence-electron chi connectivity index (χ4n) is 4.25. The second-order valence-corrected chi connectivity index (χ2v) is 9.08. The molecule has 1 amide bonds. The summed E-state index contributed by atoms with van der Waals surface area (Å²) in [5, 5.41) is 2.97. The lowest BCUT2D eigenvalue weighted by Crippen LogP contribution is -2.40. The van der Waals surface area contributed by atoms with Crippen LogP contribution in [-0.2, 0) is 32.0 Å². The molecule has 0 aliphatic carbocycles. The van der Waals surface area contributed by atoms with Gasteiger partial charge in [-0.2, -0.15) is 0 Å². The van der Waals surface area contributed by atoms with Gasteiger partial charge in [0.05, 0.1) is 6.04 Å². The van der Waals surface area contributed by atoms with Crippen molar-refractivity contribution in [3.05, 3.63) is 28.8 Å². The van der Waals surface area contributed by atoms with Gasteiger partial charge in [-0.3, -0.25) is 14.4 Å². The first kappa shape index (κ1) is 28.7. The maximum atomic E-state index is 12.1. The normalized spacial score (nSPS) is 12.8. The van der Waals surface area contributed by atoms with E-state index in [4.69, 9.17) is 9.47 Å². The summed E-state index contributed by atoms with van der Waals surface area (Å²) in [4.78, 5) is 35.9. The number of benzene rings is 1. The zero-order chi connectivity index (χ0) is 25.0. The fourth-order valence-corrected chi connectivity index (χ4v) is 4.25. The van der Waals surface area contributed by atoms with Crippen molar-refractivity contribution in [3.63, 3.8) is 0 Å². The van der Waals surface area contributed by atoms with E-state index in [1.165, 1.54) is 46.5 Å². The minimum absolute atomic E-state index is 0.0320. The molecule has 186 valence electrons. The van der Waals surface area contributed by atoms with E-state index >= 15 is 0 Å². The Hall–Kier alpha value is -2.37. The molecule has 6 heteroatoms. The van der Waals surface area contributed by atoms with Gasteiger partial charge in [-0.05, 0) is 36.3 Å². The average molecular weight is 462 g/mol. The number of rotatable bonds is 14.